The highest BCUT2D eigenvalue weighted by Crippen LogP contribution is 2.27. The van der Waals surface area contributed by atoms with E-state index in [-0.39, 0.29) is 12.1 Å². The van der Waals surface area contributed by atoms with Crippen LogP contribution in [0.2, 0.25) is 5.02 Å². The first-order valence-corrected chi connectivity index (χ1v) is 6.18. The summed E-state index contributed by atoms with van der Waals surface area (Å²) in [6.45, 7) is 6.98. The van der Waals surface area contributed by atoms with Crippen LogP contribution in [0.1, 0.15) is 32.4 Å². The molecule has 4 heteroatoms. The molecule has 0 heterocycles. The number of hydrogen-bond donors (Lipinski definition) is 1. The van der Waals surface area contributed by atoms with Gasteiger partial charge in [-0.2, -0.15) is 0 Å². The van der Waals surface area contributed by atoms with Crippen LogP contribution in [0.4, 0.5) is 0 Å². The second kappa shape index (κ2) is 6.84. The van der Waals surface area contributed by atoms with Gasteiger partial charge in [-0.15, -0.1) is 0 Å². The van der Waals surface area contributed by atoms with E-state index in [2.05, 4.69) is 0 Å². The Morgan fingerprint density at radius 1 is 1.24 bits per heavy atom. The maximum atomic E-state index is 5.93. The fourth-order valence-electron chi connectivity index (χ4n) is 1.44. The third-order valence-corrected chi connectivity index (χ3v) is 2.49. The highest BCUT2D eigenvalue weighted by atomic mass is 35.5. The summed E-state index contributed by atoms with van der Waals surface area (Å²) in [5.41, 5.74) is 6.78. The van der Waals surface area contributed by atoms with Crippen LogP contribution in [-0.4, -0.2) is 19.3 Å². The lowest BCUT2D eigenvalue weighted by Crippen LogP contribution is -2.13. The Morgan fingerprint density at radius 2 is 1.94 bits per heavy atom. The molecule has 0 radical (unpaired) electrons. The second-order valence-electron chi connectivity index (χ2n) is 4.24. The van der Waals surface area contributed by atoms with Crippen molar-refractivity contribution in [2.45, 2.75) is 32.9 Å². The van der Waals surface area contributed by atoms with Crippen LogP contribution in [0.3, 0.4) is 0 Å². The van der Waals surface area contributed by atoms with Gasteiger partial charge in [-0.3, -0.25) is 0 Å². The van der Waals surface area contributed by atoms with Gasteiger partial charge in [0, 0.05) is 16.6 Å². The molecule has 17 heavy (non-hydrogen) atoms. The monoisotopic (exact) mass is 257 g/mol. The first kappa shape index (κ1) is 14.3. The lowest BCUT2D eigenvalue weighted by molar-refractivity contribution is 0.0550. The second-order valence-corrected chi connectivity index (χ2v) is 4.68. The van der Waals surface area contributed by atoms with Crippen molar-refractivity contribution >= 4 is 11.6 Å². The number of nitrogens with two attached hydrogens (primary N) is 1. The van der Waals surface area contributed by atoms with E-state index in [4.69, 9.17) is 26.8 Å². The van der Waals surface area contributed by atoms with Gasteiger partial charge in [0.25, 0.3) is 0 Å². The Labute approximate surface area is 108 Å². The number of ether oxygens (including phenoxy) is 2. The van der Waals surface area contributed by atoms with Crippen LogP contribution in [-0.2, 0) is 4.74 Å². The van der Waals surface area contributed by atoms with Crippen molar-refractivity contribution in [2.24, 2.45) is 5.73 Å². The molecule has 0 aliphatic heterocycles. The van der Waals surface area contributed by atoms with E-state index >= 15 is 0 Å². The van der Waals surface area contributed by atoms with E-state index in [0.29, 0.717) is 18.2 Å². The van der Waals surface area contributed by atoms with Gasteiger partial charge in [-0.05, 0) is 39.0 Å². The van der Waals surface area contributed by atoms with Crippen molar-refractivity contribution in [3.05, 3.63) is 28.8 Å². The summed E-state index contributed by atoms with van der Waals surface area (Å²) in [4.78, 5) is 0. The Kier molecular flexibility index (Phi) is 5.75. The quantitative estimate of drug-likeness (QED) is 0.796. The average molecular weight is 258 g/mol. The van der Waals surface area contributed by atoms with Gasteiger partial charge in [0.2, 0.25) is 0 Å². The van der Waals surface area contributed by atoms with E-state index in [1.165, 1.54) is 0 Å². The van der Waals surface area contributed by atoms with Crippen LogP contribution in [0, 0.1) is 0 Å². The van der Waals surface area contributed by atoms with E-state index in [0.717, 1.165) is 11.3 Å². The SMILES string of the molecule is CC(C)OCCOc1ccc(Cl)cc1[C@H](C)N. The summed E-state index contributed by atoms with van der Waals surface area (Å²) >= 11 is 5.93. The summed E-state index contributed by atoms with van der Waals surface area (Å²) in [6, 6.07) is 5.38. The standard InChI is InChI=1S/C13H20ClNO2/c1-9(2)16-6-7-17-13-5-4-11(14)8-12(13)10(3)15/h4-5,8-10H,6-7,15H2,1-3H3/t10-/m0/s1. The first-order chi connectivity index (χ1) is 8.00. The molecular formula is C13H20ClNO2. The molecular weight excluding hydrogens is 238 g/mol. The van der Waals surface area contributed by atoms with Gasteiger partial charge < -0.3 is 15.2 Å². The summed E-state index contributed by atoms with van der Waals surface area (Å²) in [6.07, 6.45) is 0.219. The van der Waals surface area contributed by atoms with Crippen molar-refractivity contribution in [3.63, 3.8) is 0 Å². The van der Waals surface area contributed by atoms with E-state index < -0.39 is 0 Å². The smallest absolute Gasteiger partial charge is 0.124 e. The van der Waals surface area contributed by atoms with Crippen LogP contribution >= 0.6 is 11.6 Å². The van der Waals surface area contributed by atoms with Gasteiger partial charge in [0.1, 0.15) is 12.4 Å². The zero-order valence-electron chi connectivity index (χ0n) is 10.6. The number of hydrogen-bond acceptors (Lipinski definition) is 3. The predicted octanol–water partition coefficient (Wildman–Crippen LogP) is 3.16. The molecule has 0 aliphatic rings. The van der Waals surface area contributed by atoms with Crippen LogP contribution in [0.15, 0.2) is 18.2 Å². The van der Waals surface area contributed by atoms with Crippen molar-refractivity contribution in [1.82, 2.24) is 0 Å². The summed E-state index contributed by atoms with van der Waals surface area (Å²) in [7, 11) is 0. The fourth-order valence-corrected chi connectivity index (χ4v) is 1.62. The zero-order chi connectivity index (χ0) is 12.8. The number of halogens is 1. The summed E-state index contributed by atoms with van der Waals surface area (Å²) in [5, 5.41) is 0.670. The molecule has 0 saturated heterocycles. The van der Waals surface area contributed by atoms with Gasteiger partial charge in [0.15, 0.2) is 0 Å². The molecule has 0 saturated carbocycles. The molecule has 1 atom stereocenters. The molecule has 0 amide bonds. The van der Waals surface area contributed by atoms with E-state index in [1.807, 2.05) is 32.9 Å². The highest BCUT2D eigenvalue weighted by molar-refractivity contribution is 6.30. The Bertz CT molecular complexity index is 353. The van der Waals surface area contributed by atoms with Crippen LogP contribution in [0.25, 0.3) is 0 Å². The predicted molar refractivity (Wildman–Crippen MR) is 70.6 cm³/mol. The molecule has 0 aromatic heterocycles. The molecule has 96 valence electrons. The molecule has 1 aromatic rings. The van der Waals surface area contributed by atoms with Crippen molar-refractivity contribution < 1.29 is 9.47 Å². The minimum atomic E-state index is -0.102. The number of benzene rings is 1. The zero-order valence-corrected chi connectivity index (χ0v) is 11.3. The normalized spacial score (nSPS) is 12.8. The van der Waals surface area contributed by atoms with Crippen LogP contribution < -0.4 is 10.5 Å². The van der Waals surface area contributed by atoms with Crippen molar-refractivity contribution in [2.75, 3.05) is 13.2 Å². The van der Waals surface area contributed by atoms with Gasteiger partial charge in [-0.25, -0.2) is 0 Å². The molecule has 0 fully saturated rings. The third-order valence-electron chi connectivity index (χ3n) is 2.25. The lowest BCUT2D eigenvalue weighted by Gasteiger charge is -2.15. The lowest BCUT2D eigenvalue weighted by atomic mass is 10.1. The molecule has 1 rings (SSSR count). The Balaban J connectivity index is 2.58. The van der Waals surface area contributed by atoms with Gasteiger partial charge in [-0.1, -0.05) is 11.6 Å². The molecule has 2 N–H and O–H groups in total. The van der Waals surface area contributed by atoms with Crippen molar-refractivity contribution in [1.29, 1.82) is 0 Å². The largest absolute Gasteiger partial charge is 0.491 e. The molecule has 0 bridgehead atoms. The summed E-state index contributed by atoms with van der Waals surface area (Å²) < 4.78 is 11.0. The molecule has 0 aliphatic carbocycles. The average Bonchev–Trinajstić information content (AvgIpc) is 2.25. The highest BCUT2D eigenvalue weighted by Gasteiger charge is 2.08. The Hall–Kier alpha value is -0.770. The topological polar surface area (TPSA) is 44.5 Å². The van der Waals surface area contributed by atoms with E-state index in [9.17, 15) is 0 Å². The molecule has 0 unspecified atom stereocenters. The maximum Gasteiger partial charge on any atom is 0.124 e. The van der Waals surface area contributed by atoms with Crippen molar-refractivity contribution in [3.8, 4) is 5.75 Å². The molecule has 0 spiro atoms. The van der Waals surface area contributed by atoms with Gasteiger partial charge in [0.05, 0.1) is 12.7 Å². The Morgan fingerprint density at radius 3 is 2.53 bits per heavy atom. The fraction of sp³-hybridized carbons (Fsp3) is 0.538. The summed E-state index contributed by atoms with van der Waals surface area (Å²) in [5.74, 6) is 0.775. The van der Waals surface area contributed by atoms with E-state index in [1.54, 1.807) is 6.07 Å². The van der Waals surface area contributed by atoms with Crippen LogP contribution in [0.5, 0.6) is 5.75 Å². The third kappa shape index (κ3) is 4.94. The maximum absolute atomic E-state index is 5.93. The minimum absolute atomic E-state index is 0.102. The number of rotatable bonds is 6. The minimum Gasteiger partial charge on any atom is -0.491 e. The first-order valence-electron chi connectivity index (χ1n) is 5.80. The molecule has 1 aromatic carbocycles. The van der Waals surface area contributed by atoms with Gasteiger partial charge >= 0.3 is 0 Å². The molecule has 3 nitrogen and oxygen atoms in total.